The van der Waals surface area contributed by atoms with Crippen LogP contribution in [0, 0.1) is 0 Å². The van der Waals surface area contributed by atoms with E-state index in [1.165, 1.54) is 6.08 Å². The van der Waals surface area contributed by atoms with Crippen molar-refractivity contribution < 1.29 is 32.0 Å². The second kappa shape index (κ2) is 11.8. The normalized spacial score (nSPS) is 13.9. The number of benzene rings is 1. The molecule has 1 aromatic rings. The minimum Gasteiger partial charge on any atom is -0.872 e. The Kier molecular flexibility index (Phi) is 9.81. The maximum absolute atomic E-state index is 11.7. The Bertz CT molecular complexity index is 794. The molecule has 2 aliphatic rings. The second-order valence-electron chi connectivity index (χ2n) is 5.62. The maximum Gasteiger partial charge on any atom is 2.00 e. The summed E-state index contributed by atoms with van der Waals surface area (Å²) in [7, 11) is 0. The number of ether oxygens (including phenoxy) is 1. The van der Waals surface area contributed by atoms with Gasteiger partial charge in [-0.25, -0.2) is 0 Å². The maximum atomic E-state index is 11.7. The Morgan fingerprint density at radius 3 is 1.93 bits per heavy atom. The fraction of sp³-hybridized carbons (Fsp3) is 0.130. The van der Waals surface area contributed by atoms with Gasteiger partial charge >= 0.3 is 17.1 Å². The van der Waals surface area contributed by atoms with Crippen molar-refractivity contribution in [1.82, 2.24) is 0 Å². The Balaban J connectivity index is 0.000000260. The van der Waals surface area contributed by atoms with Crippen LogP contribution < -0.4 is 10.2 Å². The van der Waals surface area contributed by atoms with E-state index in [1.54, 1.807) is 6.92 Å². The molecule has 2 aliphatic carbocycles. The summed E-state index contributed by atoms with van der Waals surface area (Å²) >= 11 is 0. The van der Waals surface area contributed by atoms with E-state index in [0.29, 0.717) is 6.61 Å². The summed E-state index contributed by atoms with van der Waals surface area (Å²) in [6, 6.07) is 9.30. The first-order chi connectivity index (χ1) is 12.6. The molecule has 27 heavy (non-hydrogen) atoms. The van der Waals surface area contributed by atoms with Gasteiger partial charge < -0.3 is 14.9 Å². The third-order valence-electron chi connectivity index (χ3n) is 3.70. The first-order valence-corrected chi connectivity index (χ1v) is 8.50. The molecule has 0 fully saturated rings. The molecule has 0 aliphatic heterocycles. The van der Waals surface area contributed by atoms with Gasteiger partial charge in [-0.1, -0.05) is 91.6 Å². The summed E-state index contributed by atoms with van der Waals surface area (Å²) in [5.74, 6) is -0.188. The molecule has 0 heterocycles. The molecule has 0 atom stereocenters. The van der Waals surface area contributed by atoms with Crippen LogP contribution in [-0.2, 0) is 21.8 Å². The topological polar surface area (TPSA) is 55.3 Å². The van der Waals surface area contributed by atoms with E-state index in [4.69, 9.17) is 4.74 Å². The largest absolute Gasteiger partial charge is 2.00 e. The molecule has 0 unspecified atom stereocenters. The van der Waals surface area contributed by atoms with E-state index in [-0.39, 0.29) is 28.8 Å². The molecule has 140 valence electrons. The van der Waals surface area contributed by atoms with Gasteiger partial charge in [0.25, 0.3) is 0 Å². The molecule has 0 N–H and O–H groups in total. The molecule has 3 nitrogen and oxygen atoms in total. The number of hydrogen-bond acceptors (Lipinski definition) is 3. The summed E-state index contributed by atoms with van der Waals surface area (Å²) in [5, 5.41) is 22.8. The Morgan fingerprint density at radius 1 is 0.889 bits per heavy atom. The van der Waals surface area contributed by atoms with Crippen LogP contribution in [0.25, 0.3) is 5.76 Å². The SMILES string of the molecule is CCOC([O-])=CC(C)=C1C=CC=C1.[Fe+2].[O-]C(=C1C=CC=C1)c1ccccc1. The van der Waals surface area contributed by atoms with Gasteiger partial charge in [0.15, 0.2) is 0 Å². The fourth-order valence-corrected chi connectivity index (χ4v) is 2.36. The van der Waals surface area contributed by atoms with E-state index in [9.17, 15) is 10.2 Å². The summed E-state index contributed by atoms with van der Waals surface area (Å²) in [6.45, 7) is 4.11. The molecule has 1 aromatic carbocycles. The van der Waals surface area contributed by atoms with Gasteiger partial charge in [-0.05, 0) is 41.9 Å². The van der Waals surface area contributed by atoms with Crippen molar-refractivity contribution in [2.75, 3.05) is 6.61 Å². The average molecular weight is 402 g/mol. The van der Waals surface area contributed by atoms with Gasteiger partial charge in [-0.3, -0.25) is 0 Å². The van der Waals surface area contributed by atoms with E-state index in [1.807, 2.05) is 85.9 Å². The molecule has 0 amide bonds. The molecule has 0 saturated carbocycles. The molecule has 0 aromatic heterocycles. The van der Waals surface area contributed by atoms with Crippen LogP contribution in [0.1, 0.15) is 19.4 Å². The predicted octanol–water partition coefficient (Wildman–Crippen LogP) is 3.55. The minimum atomic E-state index is -0.277. The van der Waals surface area contributed by atoms with Crippen LogP contribution >= 0.6 is 0 Å². The molecule has 0 radical (unpaired) electrons. The van der Waals surface area contributed by atoms with E-state index in [2.05, 4.69) is 0 Å². The van der Waals surface area contributed by atoms with Gasteiger partial charge in [-0.15, -0.1) is 0 Å². The van der Waals surface area contributed by atoms with Crippen molar-refractivity contribution in [3.8, 4) is 0 Å². The first-order valence-electron chi connectivity index (χ1n) is 8.50. The Labute approximate surface area is 171 Å². The smallest absolute Gasteiger partial charge is 0.872 e. The van der Waals surface area contributed by atoms with Gasteiger partial charge in [0, 0.05) is 0 Å². The molecular weight excluding hydrogens is 380 g/mol. The van der Waals surface area contributed by atoms with Gasteiger partial charge in [0.05, 0.1) is 5.95 Å². The molecule has 0 bridgehead atoms. The van der Waals surface area contributed by atoms with Crippen LogP contribution in [0.15, 0.2) is 108 Å². The van der Waals surface area contributed by atoms with Crippen molar-refractivity contribution in [1.29, 1.82) is 0 Å². The minimum absolute atomic E-state index is 0. The fourth-order valence-electron chi connectivity index (χ4n) is 2.36. The monoisotopic (exact) mass is 402 g/mol. The van der Waals surface area contributed by atoms with Gasteiger partial charge in [0.2, 0.25) is 0 Å². The predicted molar refractivity (Wildman–Crippen MR) is 102 cm³/mol. The van der Waals surface area contributed by atoms with Crippen molar-refractivity contribution in [2.45, 2.75) is 13.8 Å². The zero-order valence-corrected chi connectivity index (χ0v) is 16.5. The van der Waals surface area contributed by atoms with Crippen molar-refractivity contribution in [3.05, 3.63) is 113 Å². The molecule has 3 rings (SSSR count). The number of hydrogen-bond donors (Lipinski definition) is 0. The Hall–Kier alpha value is -2.68. The van der Waals surface area contributed by atoms with Crippen LogP contribution in [0.3, 0.4) is 0 Å². The number of allylic oxidation sites excluding steroid dienone is 12. The van der Waals surface area contributed by atoms with Gasteiger partial charge in [0.1, 0.15) is 0 Å². The molecule has 0 saturated heterocycles. The Morgan fingerprint density at radius 2 is 1.41 bits per heavy atom. The van der Waals surface area contributed by atoms with Gasteiger partial charge in [-0.2, -0.15) is 0 Å². The van der Waals surface area contributed by atoms with E-state index < -0.39 is 0 Å². The zero-order chi connectivity index (χ0) is 18.8. The summed E-state index contributed by atoms with van der Waals surface area (Å²) in [4.78, 5) is 0. The van der Waals surface area contributed by atoms with Crippen LogP contribution in [0.5, 0.6) is 0 Å². The van der Waals surface area contributed by atoms with Crippen LogP contribution in [-0.4, -0.2) is 6.61 Å². The summed E-state index contributed by atoms with van der Waals surface area (Å²) in [6.07, 6.45) is 16.7. The first kappa shape index (κ1) is 22.4. The molecule has 0 spiro atoms. The average Bonchev–Trinajstić information content (AvgIpc) is 3.36. The molecule has 4 heteroatoms. The standard InChI is InChI=1S/C12H10O.C11H14O2.Fe/c13-12(11-8-4-5-9-11)10-6-2-1-3-7-10;1-3-13-11(12)8-9(2)10-6-4-5-7-10;/h1-9,13H;4-8,12H,3H2,1-2H3;/q;;+2/p-2. The third-order valence-corrected chi connectivity index (χ3v) is 3.70. The second-order valence-corrected chi connectivity index (χ2v) is 5.62. The molecular formula is C23H22FeO3. The van der Waals surface area contributed by atoms with Crippen molar-refractivity contribution in [2.24, 2.45) is 0 Å². The number of rotatable bonds is 4. The van der Waals surface area contributed by atoms with E-state index in [0.717, 1.165) is 22.3 Å². The van der Waals surface area contributed by atoms with E-state index >= 15 is 0 Å². The third kappa shape index (κ3) is 7.22. The van der Waals surface area contributed by atoms with Crippen LogP contribution in [0.2, 0.25) is 0 Å². The zero-order valence-electron chi connectivity index (χ0n) is 15.4. The summed E-state index contributed by atoms with van der Waals surface area (Å²) < 4.78 is 4.80. The van der Waals surface area contributed by atoms with Crippen LogP contribution in [0.4, 0.5) is 0 Å². The quantitative estimate of drug-likeness (QED) is 0.572. The van der Waals surface area contributed by atoms with Crippen molar-refractivity contribution in [3.63, 3.8) is 0 Å². The van der Waals surface area contributed by atoms with Crippen molar-refractivity contribution >= 4 is 5.76 Å². The summed E-state index contributed by atoms with van der Waals surface area (Å²) in [5.41, 5.74) is 3.50.